The second kappa shape index (κ2) is 12.1. The summed E-state index contributed by atoms with van der Waals surface area (Å²) in [6.45, 7) is 6.24. The lowest BCUT2D eigenvalue weighted by Gasteiger charge is -2.16. The molecule has 0 radical (unpaired) electrons. The van der Waals surface area contributed by atoms with Crippen molar-refractivity contribution in [3.05, 3.63) is 35.4 Å². The van der Waals surface area contributed by atoms with Crippen molar-refractivity contribution >= 4 is 35.8 Å². The van der Waals surface area contributed by atoms with E-state index in [1.165, 1.54) is 0 Å². The van der Waals surface area contributed by atoms with Gasteiger partial charge in [-0.3, -0.25) is 9.79 Å². The number of guanidine groups is 1. The summed E-state index contributed by atoms with van der Waals surface area (Å²) in [5, 5.41) is 9.56. The molecule has 1 saturated heterocycles. The molecule has 0 saturated carbocycles. The third-order valence-corrected chi connectivity index (χ3v) is 4.38. The van der Waals surface area contributed by atoms with Crippen LogP contribution in [0.1, 0.15) is 49.0 Å². The second-order valence-electron chi connectivity index (χ2n) is 6.42. The Labute approximate surface area is 173 Å². The molecule has 0 spiro atoms. The normalized spacial score (nSPS) is 18.0. The molecule has 1 amide bonds. The summed E-state index contributed by atoms with van der Waals surface area (Å²) in [4.78, 5) is 16.5. The molecule has 2 unspecified atom stereocenters. The molecule has 1 aliphatic rings. The summed E-state index contributed by atoms with van der Waals surface area (Å²) >= 11 is 0. The van der Waals surface area contributed by atoms with E-state index in [4.69, 9.17) is 4.74 Å². The maximum Gasteiger partial charge on any atom is 0.251 e. The maximum absolute atomic E-state index is 12.3. The first-order valence-electron chi connectivity index (χ1n) is 9.08. The van der Waals surface area contributed by atoms with E-state index in [1.54, 1.807) is 7.05 Å². The molecule has 26 heavy (non-hydrogen) atoms. The van der Waals surface area contributed by atoms with Gasteiger partial charge in [0.05, 0.1) is 6.10 Å². The third kappa shape index (κ3) is 7.49. The lowest BCUT2D eigenvalue weighted by Crippen LogP contribution is -2.41. The van der Waals surface area contributed by atoms with Crippen molar-refractivity contribution in [3.63, 3.8) is 0 Å². The molecule has 2 atom stereocenters. The summed E-state index contributed by atoms with van der Waals surface area (Å²) in [5.41, 5.74) is 1.71. The van der Waals surface area contributed by atoms with Crippen LogP contribution < -0.4 is 16.0 Å². The predicted molar refractivity (Wildman–Crippen MR) is 116 cm³/mol. The summed E-state index contributed by atoms with van der Waals surface area (Å²) in [6, 6.07) is 8.01. The predicted octanol–water partition coefficient (Wildman–Crippen LogP) is 2.68. The van der Waals surface area contributed by atoms with Gasteiger partial charge in [-0.1, -0.05) is 19.1 Å². The molecule has 6 nitrogen and oxygen atoms in total. The number of halogens is 1. The number of nitrogens with zero attached hydrogens (tertiary/aromatic N) is 1. The Bertz CT molecular complexity index is 589. The zero-order chi connectivity index (χ0) is 18.1. The Morgan fingerprint density at radius 2 is 2.19 bits per heavy atom. The maximum atomic E-state index is 12.3. The molecule has 1 aromatic carbocycles. The Kier molecular flexibility index (Phi) is 10.6. The van der Waals surface area contributed by atoms with Crippen LogP contribution in [0.15, 0.2) is 29.3 Å². The lowest BCUT2D eigenvalue weighted by atomic mass is 10.1. The standard InChI is InChI=1S/C19H30N4O2.HI/c1-4-14(2)23-19(20-3)22-12-15-7-5-8-16(11-15)18(24)21-13-17-9-6-10-25-17;/h5,7-8,11,14,17H,4,6,9-10,12-13H2,1-3H3,(H,21,24)(H2,20,22,23);1H. The van der Waals surface area contributed by atoms with Crippen molar-refractivity contribution in [3.8, 4) is 0 Å². The first-order chi connectivity index (χ1) is 12.1. The monoisotopic (exact) mass is 474 g/mol. The van der Waals surface area contributed by atoms with Crippen molar-refractivity contribution in [1.82, 2.24) is 16.0 Å². The van der Waals surface area contributed by atoms with Crippen LogP contribution in [0.2, 0.25) is 0 Å². The van der Waals surface area contributed by atoms with Crippen LogP contribution >= 0.6 is 24.0 Å². The summed E-state index contributed by atoms with van der Waals surface area (Å²) in [6.07, 6.45) is 3.28. The Morgan fingerprint density at radius 3 is 2.85 bits per heavy atom. The first kappa shape index (κ1) is 22.7. The highest BCUT2D eigenvalue weighted by molar-refractivity contribution is 14.0. The van der Waals surface area contributed by atoms with E-state index in [2.05, 4.69) is 34.8 Å². The van der Waals surface area contributed by atoms with Gasteiger partial charge in [-0.2, -0.15) is 0 Å². The van der Waals surface area contributed by atoms with Crippen LogP contribution in [0.3, 0.4) is 0 Å². The number of amides is 1. The zero-order valence-electron chi connectivity index (χ0n) is 15.9. The number of carbonyl (C=O) groups is 1. The van der Waals surface area contributed by atoms with E-state index < -0.39 is 0 Å². The number of carbonyl (C=O) groups excluding carboxylic acids is 1. The molecule has 1 fully saturated rings. The number of nitrogens with one attached hydrogen (secondary N) is 3. The summed E-state index contributed by atoms with van der Waals surface area (Å²) in [5.74, 6) is 0.710. The van der Waals surface area contributed by atoms with Gasteiger partial charge >= 0.3 is 0 Å². The molecule has 7 heteroatoms. The molecule has 1 heterocycles. The fourth-order valence-electron chi connectivity index (χ4n) is 2.65. The van der Waals surface area contributed by atoms with Crippen LogP contribution in [0.4, 0.5) is 0 Å². The Balaban J connectivity index is 0.00000338. The van der Waals surface area contributed by atoms with Crippen molar-refractivity contribution in [1.29, 1.82) is 0 Å². The minimum Gasteiger partial charge on any atom is -0.376 e. The van der Waals surface area contributed by atoms with Gasteiger partial charge in [-0.15, -0.1) is 24.0 Å². The topological polar surface area (TPSA) is 74.8 Å². The van der Waals surface area contributed by atoms with Crippen LogP contribution in [0.25, 0.3) is 0 Å². The SMILES string of the molecule is CCC(C)NC(=NC)NCc1cccc(C(=O)NCC2CCCO2)c1.I. The second-order valence-corrected chi connectivity index (χ2v) is 6.42. The average Bonchev–Trinajstić information content (AvgIpc) is 3.16. The van der Waals surface area contributed by atoms with E-state index in [-0.39, 0.29) is 36.0 Å². The quantitative estimate of drug-likeness (QED) is 0.323. The molecule has 0 aromatic heterocycles. The molecule has 2 rings (SSSR count). The van der Waals surface area contributed by atoms with Gasteiger partial charge in [0.15, 0.2) is 5.96 Å². The highest BCUT2D eigenvalue weighted by Gasteiger charge is 2.16. The molecule has 1 aromatic rings. The summed E-state index contributed by atoms with van der Waals surface area (Å²) in [7, 11) is 1.76. The van der Waals surface area contributed by atoms with Crippen molar-refractivity contribution < 1.29 is 9.53 Å². The highest BCUT2D eigenvalue weighted by atomic mass is 127. The average molecular weight is 474 g/mol. The van der Waals surface area contributed by atoms with Crippen molar-refractivity contribution in [2.75, 3.05) is 20.2 Å². The summed E-state index contributed by atoms with van der Waals surface area (Å²) < 4.78 is 5.54. The number of rotatable bonds is 7. The number of benzene rings is 1. The zero-order valence-corrected chi connectivity index (χ0v) is 18.2. The van der Waals surface area contributed by atoms with E-state index in [0.29, 0.717) is 24.7 Å². The first-order valence-corrected chi connectivity index (χ1v) is 9.08. The van der Waals surface area contributed by atoms with Gasteiger partial charge in [0, 0.05) is 38.3 Å². The van der Waals surface area contributed by atoms with Crippen LogP contribution in [0, 0.1) is 0 Å². The number of hydrogen-bond donors (Lipinski definition) is 3. The molecular formula is C19H31IN4O2. The largest absolute Gasteiger partial charge is 0.376 e. The molecular weight excluding hydrogens is 443 g/mol. The van der Waals surface area contributed by atoms with E-state index in [9.17, 15) is 4.79 Å². The van der Waals surface area contributed by atoms with Crippen LogP contribution in [-0.2, 0) is 11.3 Å². The fourth-order valence-corrected chi connectivity index (χ4v) is 2.65. The van der Waals surface area contributed by atoms with Crippen molar-refractivity contribution in [2.45, 2.75) is 51.8 Å². The minimum absolute atomic E-state index is 0. The fraction of sp³-hybridized carbons (Fsp3) is 0.579. The van der Waals surface area contributed by atoms with Gasteiger partial charge in [-0.25, -0.2) is 0 Å². The van der Waals surface area contributed by atoms with Gasteiger partial charge in [-0.05, 0) is 43.9 Å². The van der Waals surface area contributed by atoms with E-state index in [1.807, 2.05) is 24.3 Å². The lowest BCUT2D eigenvalue weighted by molar-refractivity contribution is 0.0857. The Hall–Kier alpha value is -1.35. The molecule has 1 aliphatic heterocycles. The van der Waals surface area contributed by atoms with Crippen molar-refractivity contribution in [2.24, 2.45) is 4.99 Å². The molecule has 0 bridgehead atoms. The minimum atomic E-state index is -0.0561. The smallest absolute Gasteiger partial charge is 0.251 e. The highest BCUT2D eigenvalue weighted by Crippen LogP contribution is 2.11. The number of aliphatic imine (C=N–C) groups is 1. The van der Waals surface area contributed by atoms with Gasteiger partial charge in [0.1, 0.15) is 0 Å². The van der Waals surface area contributed by atoms with Gasteiger partial charge in [0.2, 0.25) is 0 Å². The van der Waals surface area contributed by atoms with E-state index in [0.717, 1.165) is 37.4 Å². The van der Waals surface area contributed by atoms with Crippen LogP contribution in [-0.4, -0.2) is 44.2 Å². The van der Waals surface area contributed by atoms with E-state index >= 15 is 0 Å². The van der Waals surface area contributed by atoms with Crippen LogP contribution in [0.5, 0.6) is 0 Å². The number of ether oxygens (including phenoxy) is 1. The Morgan fingerprint density at radius 1 is 1.38 bits per heavy atom. The molecule has 3 N–H and O–H groups in total. The third-order valence-electron chi connectivity index (χ3n) is 4.38. The number of hydrogen-bond acceptors (Lipinski definition) is 3. The van der Waals surface area contributed by atoms with Gasteiger partial charge < -0.3 is 20.7 Å². The molecule has 0 aliphatic carbocycles. The molecule has 146 valence electrons. The van der Waals surface area contributed by atoms with Gasteiger partial charge in [0.25, 0.3) is 5.91 Å².